The zero-order chi connectivity index (χ0) is 16.0. The molecule has 4 nitrogen and oxygen atoms in total. The lowest BCUT2D eigenvalue weighted by molar-refractivity contribution is -0.170. The van der Waals surface area contributed by atoms with E-state index in [-0.39, 0.29) is 23.9 Å². The predicted octanol–water partition coefficient (Wildman–Crippen LogP) is 2.94. The van der Waals surface area contributed by atoms with Gasteiger partial charge in [-0.05, 0) is 43.4 Å². The zero-order valence-corrected chi connectivity index (χ0v) is 15.1. The highest BCUT2D eigenvalue weighted by Gasteiger charge is 2.54. The van der Waals surface area contributed by atoms with Gasteiger partial charge < -0.3 is 10.5 Å². The van der Waals surface area contributed by atoms with Gasteiger partial charge in [0.1, 0.15) is 5.60 Å². The van der Waals surface area contributed by atoms with Crippen molar-refractivity contribution in [1.82, 2.24) is 4.90 Å². The number of nitrogens with two attached hydrogens (primary N) is 1. The van der Waals surface area contributed by atoms with Gasteiger partial charge in [0.05, 0.1) is 0 Å². The van der Waals surface area contributed by atoms with Gasteiger partial charge in [-0.1, -0.05) is 18.6 Å². The monoisotopic (exact) mass is 350 g/mol. The summed E-state index contributed by atoms with van der Waals surface area (Å²) in [5, 5.41) is 0. The molecule has 0 spiro atoms. The molecule has 3 aliphatic rings. The number of piperidine rings is 1. The van der Waals surface area contributed by atoms with Crippen LogP contribution in [0.15, 0.2) is 24.3 Å². The molecule has 0 unspecified atom stereocenters. The summed E-state index contributed by atoms with van der Waals surface area (Å²) < 4.78 is 6.24. The second-order valence-electron chi connectivity index (χ2n) is 7.45. The molecule has 3 fully saturated rings. The Kier molecular flexibility index (Phi) is 4.92. The molecular weight excluding hydrogens is 324 g/mol. The fraction of sp³-hybridized carbons (Fsp3) is 0.632. The first kappa shape index (κ1) is 17.7. The highest BCUT2D eigenvalue weighted by Crippen LogP contribution is 2.52. The van der Waals surface area contributed by atoms with E-state index in [0.29, 0.717) is 17.4 Å². The maximum Gasteiger partial charge on any atom is 0.248 e. The van der Waals surface area contributed by atoms with Gasteiger partial charge >= 0.3 is 0 Å². The quantitative estimate of drug-likeness (QED) is 0.908. The van der Waals surface area contributed by atoms with Crippen LogP contribution >= 0.6 is 12.4 Å². The summed E-state index contributed by atoms with van der Waals surface area (Å²) >= 11 is 0. The van der Waals surface area contributed by atoms with Crippen LogP contribution in [0, 0.1) is 11.8 Å². The number of hydrogen-bond donors (Lipinski definition) is 1. The summed E-state index contributed by atoms with van der Waals surface area (Å²) in [5.74, 6) is 0.645. The van der Waals surface area contributed by atoms with Crippen molar-refractivity contribution in [3.8, 4) is 0 Å². The second kappa shape index (κ2) is 6.66. The molecule has 1 heterocycles. The van der Waals surface area contributed by atoms with E-state index in [4.69, 9.17) is 10.5 Å². The van der Waals surface area contributed by atoms with Crippen LogP contribution in [0.25, 0.3) is 0 Å². The Morgan fingerprint density at radius 3 is 2.42 bits per heavy atom. The van der Waals surface area contributed by atoms with Gasteiger partial charge in [0.25, 0.3) is 0 Å². The molecule has 0 radical (unpaired) electrons. The molecule has 2 N–H and O–H groups in total. The van der Waals surface area contributed by atoms with Gasteiger partial charge in [-0.15, -0.1) is 12.4 Å². The summed E-state index contributed by atoms with van der Waals surface area (Å²) in [5.41, 5.74) is 6.96. The van der Waals surface area contributed by atoms with Crippen LogP contribution in [-0.4, -0.2) is 37.0 Å². The third kappa shape index (κ3) is 2.75. The van der Waals surface area contributed by atoms with Gasteiger partial charge in [0.15, 0.2) is 0 Å². The Balaban J connectivity index is 0.00000169. The van der Waals surface area contributed by atoms with Gasteiger partial charge in [0.2, 0.25) is 5.91 Å². The van der Waals surface area contributed by atoms with E-state index in [1.165, 1.54) is 32.1 Å². The molecule has 1 aromatic carbocycles. The molecule has 132 valence electrons. The Morgan fingerprint density at radius 2 is 1.88 bits per heavy atom. The fourth-order valence-corrected chi connectivity index (χ4v) is 5.04. The lowest BCUT2D eigenvalue weighted by Crippen LogP contribution is -2.59. The fourth-order valence-electron chi connectivity index (χ4n) is 5.04. The number of amides is 1. The van der Waals surface area contributed by atoms with Crippen molar-refractivity contribution in [3.63, 3.8) is 0 Å². The molecule has 1 aliphatic heterocycles. The number of nitrogens with zero attached hydrogens (tertiary/aromatic N) is 1. The Labute approximate surface area is 150 Å². The number of benzene rings is 1. The first-order chi connectivity index (χ1) is 11.1. The van der Waals surface area contributed by atoms with Crippen LogP contribution in [0.5, 0.6) is 0 Å². The van der Waals surface area contributed by atoms with Crippen LogP contribution in [0.3, 0.4) is 0 Å². The molecule has 5 heteroatoms. The van der Waals surface area contributed by atoms with E-state index in [0.717, 1.165) is 24.7 Å². The molecule has 24 heavy (non-hydrogen) atoms. The van der Waals surface area contributed by atoms with Crippen molar-refractivity contribution in [3.05, 3.63) is 35.4 Å². The van der Waals surface area contributed by atoms with Crippen molar-refractivity contribution in [1.29, 1.82) is 0 Å². The van der Waals surface area contributed by atoms with Crippen LogP contribution in [0.2, 0.25) is 0 Å². The van der Waals surface area contributed by atoms with Crippen LogP contribution < -0.4 is 5.73 Å². The maximum atomic E-state index is 11.6. The molecule has 2 aliphatic carbocycles. The lowest BCUT2D eigenvalue weighted by atomic mass is 9.62. The average molecular weight is 351 g/mol. The van der Waals surface area contributed by atoms with E-state index in [2.05, 4.69) is 11.0 Å². The van der Waals surface area contributed by atoms with Crippen molar-refractivity contribution < 1.29 is 9.53 Å². The zero-order valence-electron chi connectivity index (χ0n) is 14.2. The van der Waals surface area contributed by atoms with Crippen molar-refractivity contribution in [2.24, 2.45) is 17.6 Å². The molecular formula is C19H27ClN2O2. The summed E-state index contributed by atoms with van der Waals surface area (Å²) in [7, 11) is 1.84. The van der Waals surface area contributed by atoms with Gasteiger partial charge in [0, 0.05) is 43.6 Å². The number of rotatable bonds is 4. The number of ether oxygens (including phenoxy) is 1. The molecule has 4 rings (SSSR count). The summed E-state index contributed by atoms with van der Waals surface area (Å²) in [6.07, 6.45) is 6.41. The molecule has 2 saturated carbocycles. The van der Waals surface area contributed by atoms with Gasteiger partial charge in [-0.3, -0.25) is 9.69 Å². The van der Waals surface area contributed by atoms with Crippen LogP contribution in [0.1, 0.15) is 48.0 Å². The minimum Gasteiger partial charge on any atom is -0.373 e. The minimum absolute atomic E-state index is 0. The second-order valence-corrected chi connectivity index (χ2v) is 7.45. The van der Waals surface area contributed by atoms with Gasteiger partial charge in [-0.2, -0.15) is 0 Å². The number of hydrogen-bond acceptors (Lipinski definition) is 3. The average Bonchev–Trinajstić information content (AvgIpc) is 3.38. The van der Waals surface area contributed by atoms with Crippen molar-refractivity contribution in [2.75, 3.05) is 20.2 Å². The molecule has 1 aromatic rings. The minimum atomic E-state index is -0.362. The summed E-state index contributed by atoms with van der Waals surface area (Å²) in [6, 6.07) is 8.63. The van der Waals surface area contributed by atoms with E-state index in [9.17, 15) is 4.79 Å². The number of primary amides is 1. The first-order valence-corrected chi connectivity index (χ1v) is 8.84. The van der Waals surface area contributed by atoms with Crippen molar-refractivity contribution >= 4 is 18.3 Å². The number of methoxy groups -OCH3 is 1. The third-order valence-electron chi connectivity index (χ3n) is 6.23. The number of carbonyl (C=O) groups is 1. The summed E-state index contributed by atoms with van der Waals surface area (Å²) in [6.45, 7) is 2.24. The number of halogens is 1. The van der Waals surface area contributed by atoms with Crippen molar-refractivity contribution in [2.45, 2.75) is 43.7 Å². The van der Waals surface area contributed by atoms with E-state index >= 15 is 0 Å². The number of carbonyl (C=O) groups excluding carboxylic acids is 1. The molecule has 1 amide bonds. The predicted molar refractivity (Wildman–Crippen MR) is 96.3 cm³/mol. The molecule has 0 aromatic heterocycles. The normalized spacial score (nSPS) is 32.9. The Bertz CT molecular complexity index is 603. The Morgan fingerprint density at radius 1 is 1.21 bits per heavy atom. The molecule has 1 saturated heterocycles. The Hall–Kier alpha value is -1.10. The van der Waals surface area contributed by atoms with Crippen LogP contribution in [-0.2, 0) is 10.3 Å². The highest BCUT2D eigenvalue weighted by atomic mass is 35.5. The van der Waals surface area contributed by atoms with Gasteiger partial charge in [-0.25, -0.2) is 0 Å². The standard InChI is InChI=1S/C19H26N2O2.ClH/c1-23-19(14-5-2-4-13(10-14)18(20)22)15-6-3-7-16(19)12-21(11-15)17-8-9-17;/h2,4-5,10,15-17H,3,6-9,11-12H2,1H3,(H2,20,22);1H/t15-,16+,19-;. The van der Waals surface area contributed by atoms with E-state index in [1.54, 1.807) is 6.07 Å². The van der Waals surface area contributed by atoms with E-state index < -0.39 is 0 Å². The number of fused-ring (bicyclic) bond motifs is 2. The smallest absolute Gasteiger partial charge is 0.248 e. The maximum absolute atomic E-state index is 11.6. The topological polar surface area (TPSA) is 55.6 Å². The SMILES string of the molecule is CO[C@]1(c2cccc(C(N)=O)c2)[C@@H]2CCC[C@H]1CN(C1CC1)C2.Cl. The number of likely N-dealkylation sites (tertiary alicyclic amines) is 1. The largest absolute Gasteiger partial charge is 0.373 e. The first-order valence-electron chi connectivity index (χ1n) is 8.84. The summed E-state index contributed by atoms with van der Waals surface area (Å²) in [4.78, 5) is 14.3. The third-order valence-corrected chi connectivity index (χ3v) is 6.23. The molecule has 2 bridgehead atoms. The highest BCUT2D eigenvalue weighted by molar-refractivity contribution is 5.92. The van der Waals surface area contributed by atoms with Crippen LogP contribution in [0.4, 0.5) is 0 Å². The van der Waals surface area contributed by atoms with E-state index in [1.807, 2.05) is 19.2 Å². The lowest BCUT2D eigenvalue weighted by Gasteiger charge is -2.55. The molecule has 3 atom stereocenters.